The Hall–Kier alpha value is -2.42. The van der Waals surface area contributed by atoms with Crippen LogP contribution in [0.5, 0.6) is 0 Å². The second-order valence-electron chi connectivity index (χ2n) is 6.77. The molecule has 0 aliphatic carbocycles. The lowest BCUT2D eigenvalue weighted by atomic mass is 9.80. The molecule has 3 aromatic carbocycles. The largest absolute Gasteiger partial charge is 0.396 e. The van der Waals surface area contributed by atoms with E-state index in [-0.39, 0.29) is 6.61 Å². The highest BCUT2D eigenvalue weighted by molar-refractivity contribution is 5.47. The van der Waals surface area contributed by atoms with Crippen molar-refractivity contribution in [1.82, 2.24) is 0 Å². The van der Waals surface area contributed by atoms with Gasteiger partial charge in [0.1, 0.15) is 5.60 Å². The van der Waals surface area contributed by atoms with Gasteiger partial charge >= 0.3 is 0 Å². The van der Waals surface area contributed by atoms with Crippen LogP contribution in [-0.2, 0) is 10.3 Å². The Morgan fingerprint density at radius 1 is 0.556 bits per heavy atom. The number of hydrogen-bond acceptors (Lipinski definition) is 2. The second kappa shape index (κ2) is 10.1. The molecule has 0 fully saturated rings. The summed E-state index contributed by atoms with van der Waals surface area (Å²) >= 11 is 0. The molecule has 0 aliphatic heterocycles. The van der Waals surface area contributed by atoms with E-state index in [1.54, 1.807) is 0 Å². The lowest BCUT2D eigenvalue weighted by Crippen LogP contribution is -2.33. The number of ether oxygens (including phenoxy) is 1. The summed E-state index contributed by atoms with van der Waals surface area (Å²) in [6.07, 6.45) is 3.94. The zero-order chi connectivity index (χ0) is 18.8. The summed E-state index contributed by atoms with van der Waals surface area (Å²) in [4.78, 5) is 0. The molecule has 0 heterocycles. The minimum Gasteiger partial charge on any atom is -0.396 e. The first-order valence-electron chi connectivity index (χ1n) is 9.79. The molecule has 0 amide bonds. The number of benzene rings is 3. The van der Waals surface area contributed by atoms with Gasteiger partial charge in [-0.3, -0.25) is 0 Å². The van der Waals surface area contributed by atoms with Crippen LogP contribution in [0.4, 0.5) is 0 Å². The van der Waals surface area contributed by atoms with Gasteiger partial charge in [0.15, 0.2) is 0 Å². The van der Waals surface area contributed by atoms with Crippen molar-refractivity contribution < 1.29 is 9.84 Å². The van der Waals surface area contributed by atoms with Gasteiger partial charge in [-0.15, -0.1) is 0 Å². The number of unbranched alkanes of at least 4 members (excludes halogenated alkanes) is 3. The molecule has 0 atom stereocenters. The van der Waals surface area contributed by atoms with E-state index in [9.17, 15) is 0 Å². The maximum absolute atomic E-state index is 8.97. The number of aliphatic hydroxyl groups excluding tert-OH is 1. The molecule has 0 saturated heterocycles. The lowest BCUT2D eigenvalue weighted by molar-refractivity contribution is 0.0105. The molecule has 2 heteroatoms. The Morgan fingerprint density at radius 2 is 0.963 bits per heavy atom. The van der Waals surface area contributed by atoms with E-state index in [1.807, 2.05) is 18.2 Å². The number of aliphatic hydroxyl groups is 1. The van der Waals surface area contributed by atoms with Crippen LogP contribution in [-0.4, -0.2) is 18.3 Å². The predicted octanol–water partition coefficient (Wildman–Crippen LogP) is 5.55. The summed E-state index contributed by atoms with van der Waals surface area (Å²) in [5.74, 6) is 0. The average Bonchev–Trinajstić information content (AvgIpc) is 2.75. The minimum atomic E-state index is -0.624. The van der Waals surface area contributed by atoms with Crippen LogP contribution < -0.4 is 0 Å². The molecule has 3 aromatic rings. The molecular formula is C25H28O2. The van der Waals surface area contributed by atoms with Crippen molar-refractivity contribution in [1.29, 1.82) is 0 Å². The first-order chi connectivity index (χ1) is 13.4. The first-order valence-corrected chi connectivity index (χ1v) is 9.79. The Labute approximate surface area is 162 Å². The Bertz CT molecular complexity index is 673. The average molecular weight is 360 g/mol. The summed E-state index contributed by atoms with van der Waals surface area (Å²) in [7, 11) is 0. The van der Waals surface area contributed by atoms with E-state index < -0.39 is 5.60 Å². The van der Waals surface area contributed by atoms with Crippen molar-refractivity contribution in [3.63, 3.8) is 0 Å². The van der Waals surface area contributed by atoms with Gasteiger partial charge in [-0.25, -0.2) is 0 Å². The minimum absolute atomic E-state index is 0.267. The highest BCUT2D eigenvalue weighted by atomic mass is 16.5. The molecule has 0 saturated carbocycles. The SMILES string of the molecule is OCCCCCCOC(c1ccccc1)(c1ccccc1)c1ccccc1. The molecule has 27 heavy (non-hydrogen) atoms. The molecule has 0 unspecified atom stereocenters. The molecule has 2 nitrogen and oxygen atoms in total. The third-order valence-electron chi connectivity index (χ3n) is 4.91. The van der Waals surface area contributed by atoms with Crippen molar-refractivity contribution in [3.05, 3.63) is 108 Å². The number of rotatable bonds is 10. The fourth-order valence-electron chi connectivity index (χ4n) is 3.56. The molecule has 0 bridgehead atoms. The van der Waals surface area contributed by atoms with Crippen molar-refractivity contribution in [2.45, 2.75) is 31.3 Å². The van der Waals surface area contributed by atoms with Crippen LogP contribution in [0, 0.1) is 0 Å². The number of hydrogen-bond donors (Lipinski definition) is 1. The predicted molar refractivity (Wildman–Crippen MR) is 111 cm³/mol. The highest BCUT2D eigenvalue weighted by Gasteiger charge is 2.37. The maximum atomic E-state index is 8.97. The third kappa shape index (κ3) is 4.65. The van der Waals surface area contributed by atoms with Crippen molar-refractivity contribution in [2.24, 2.45) is 0 Å². The van der Waals surface area contributed by atoms with Crippen molar-refractivity contribution in [3.8, 4) is 0 Å². The molecule has 0 radical (unpaired) electrons. The summed E-state index contributed by atoms with van der Waals surface area (Å²) in [6, 6.07) is 31.4. The Kier molecular flexibility index (Phi) is 7.20. The van der Waals surface area contributed by atoms with E-state index in [1.165, 1.54) is 0 Å². The van der Waals surface area contributed by atoms with Gasteiger partial charge in [-0.1, -0.05) is 104 Å². The molecule has 0 aliphatic rings. The van der Waals surface area contributed by atoms with Gasteiger partial charge < -0.3 is 9.84 Å². The Balaban J connectivity index is 1.98. The van der Waals surface area contributed by atoms with E-state index in [2.05, 4.69) is 72.8 Å². The van der Waals surface area contributed by atoms with Gasteiger partial charge in [-0.2, -0.15) is 0 Å². The molecule has 0 spiro atoms. The summed E-state index contributed by atoms with van der Waals surface area (Å²) in [5.41, 5.74) is 2.79. The zero-order valence-corrected chi connectivity index (χ0v) is 15.8. The standard InChI is InChI=1S/C25H28O2/c26-20-12-1-2-13-21-27-25(22-14-6-3-7-15-22,23-16-8-4-9-17-23)24-18-10-5-11-19-24/h3-11,14-19,26H,1-2,12-13,20-21H2. The topological polar surface area (TPSA) is 29.5 Å². The fourth-order valence-corrected chi connectivity index (χ4v) is 3.56. The van der Waals surface area contributed by atoms with E-state index >= 15 is 0 Å². The molecule has 140 valence electrons. The monoisotopic (exact) mass is 360 g/mol. The molecular weight excluding hydrogens is 332 g/mol. The Morgan fingerprint density at radius 3 is 1.37 bits per heavy atom. The quantitative estimate of drug-likeness (QED) is 0.379. The van der Waals surface area contributed by atoms with Gasteiger partial charge in [0.05, 0.1) is 0 Å². The first kappa shape index (κ1) is 19.3. The van der Waals surface area contributed by atoms with E-state index in [0.29, 0.717) is 6.61 Å². The third-order valence-corrected chi connectivity index (χ3v) is 4.91. The lowest BCUT2D eigenvalue weighted by Gasteiger charge is -2.36. The van der Waals surface area contributed by atoms with Gasteiger partial charge in [0, 0.05) is 13.2 Å². The van der Waals surface area contributed by atoms with Crippen LogP contribution in [0.2, 0.25) is 0 Å². The maximum Gasteiger partial charge on any atom is 0.143 e. The van der Waals surface area contributed by atoms with Crippen LogP contribution >= 0.6 is 0 Å². The second-order valence-corrected chi connectivity index (χ2v) is 6.77. The van der Waals surface area contributed by atoms with Crippen molar-refractivity contribution >= 4 is 0 Å². The smallest absolute Gasteiger partial charge is 0.143 e. The molecule has 3 rings (SSSR count). The molecule has 1 N–H and O–H groups in total. The van der Waals surface area contributed by atoms with E-state index in [0.717, 1.165) is 42.4 Å². The van der Waals surface area contributed by atoms with Crippen LogP contribution in [0.3, 0.4) is 0 Å². The van der Waals surface area contributed by atoms with Gasteiger partial charge in [0.2, 0.25) is 0 Å². The van der Waals surface area contributed by atoms with Crippen molar-refractivity contribution in [2.75, 3.05) is 13.2 Å². The normalized spacial score (nSPS) is 11.4. The highest BCUT2D eigenvalue weighted by Crippen LogP contribution is 2.40. The molecule has 0 aromatic heterocycles. The van der Waals surface area contributed by atoms with E-state index in [4.69, 9.17) is 9.84 Å². The summed E-state index contributed by atoms with van der Waals surface area (Å²) < 4.78 is 6.71. The van der Waals surface area contributed by atoms with Crippen LogP contribution in [0.15, 0.2) is 91.0 Å². The van der Waals surface area contributed by atoms with Crippen LogP contribution in [0.1, 0.15) is 42.4 Å². The summed E-state index contributed by atoms with van der Waals surface area (Å²) in [6.45, 7) is 0.937. The van der Waals surface area contributed by atoms with Crippen LogP contribution in [0.25, 0.3) is 0 Å². The van der Waals surface area contributed by atoms with Gasteiger partial charge in [0.25, 0.3) is 0 Å². The van der Waals surface area contributed by atoms with Gasteiger partial charge in [-0.05, 0) is 29.5 Å². The fraction of sp³-hybridized carbons (Fsp3) is 0.280. The summed E-state index contributed by atoms with van der Waals surface area (Å²) in [5, 5.41) is 8.97. The zero-order valence-electron chi connectivity index (χ0n) is 15.8.